The molecular formula is C18H19BrN6O2. The van der Waals surface area contributed by atoms with Gasteiger partial charge in [0.1, 0.15) is 0 Å². The fourth-order valence-corrected chi connectivity index (χ4v) is 3.59. The van der Waals surface area contributed by atoms with E-state index in [9.17, 15) is 9.59 Å². The fourth-order valence-electron chi connectivity index (χ4n) is 3.33. The second-order valence-corrected chi connectivity index (χ2v) is 7.68. The Morgan fingerprint density at radius 1 is 1.11 bits per heavy atom. The summed E-state index contributed by atoms with van der Waals surface area (Å²) in [5.74, 6) is 0.560. The first-order valence-electron chi connectivity index (χ1n) is 8.54. The summed E-state index contributed by atoms with van der Waals surface area (Å²) in [5.41, 5.74) is 1.97. The van der Waals surface area contributed by atoms with Crippen LogP contribution in [0.2, 0.25) is 0 Å². The van der Waals surface area contributed by atoms with Crippen LogP contribution in [0.5, 0.6) is 0 Å². The lowest BCUT2D eigenvalue weighted by Gasteiger charge is -2.29. The monoisotopic (exact) mass is 430 g/mol. The normalized spacial score (nSPS) is 16.6. The van der Waals surface area contributed by atoms with Crippen molar-refractivity contribution in [1.29, 1.82) is 0 Å². The fraction of sp³-hybridized carbons (Fsp3) is 0.333. The van der Waals surface area contributed by atoms with Gasteiger partial charge in [0.15, 0.2) is 11.2 Å². The molecule has 3 aromatic rings. The third kappa shape index (κ3) is 2.64. The second-order valence-electron chi connectivity index (χ2n) is 6.76. The summed E-state index contributed by atoms with van der Waals surface area (Å²) in [4.78, 5) is 29.7. The van der Waals surface area contributed by atoms with Gasteiger partial charge < -0.3 is 0 Å². The molecule has 1 atom stereocenters. The lowest BCUT2D eigenvalue weighted by Crippen LogP contribution is -2.38. The lowest BCUT2D eigenvalue weighted by molar-refractivity contribution is 0.634. The molecule has 2 aromatic heterocycles. The number of anilines is 1. The van der Waals surface area contributed by atoms with Gasteiger partial charge >= 0.3 is 5.69 Å². The zero-order chi connectivity index (χ0) is 19.5. The predicted octanol–water partition coefficient (Wildman–Crippen LogP) is 2.15. The third-order valence-electron chi connectivity index (χ3n) is 5.02. The highest BCUT2D eigenvalue weighted by molar-refractivity contribution is 9.10. The van der Waals surface area contributed by atoms with Gasteiger partial charge in [0, 0.05) is 18.6 Å². The van der Waals surface area contributed by atoms with Crippen molar-refractivity contribution in [1.82, 2.24) is 18.7 Å². The van der Waals surface area contributed by atoms with E-state index in [0.29, 0.717) is 23.7 Å². The highest BCUT2D eigenvalue weighted by Gasteiger charge is 2.30. The van der Waals surface area contributed by atoms with Crippen LogP contribution in [0.3, 0.4) is 0 Å². The number of hydrogen-bond acceptors (Lipinski definition) is 5. The van der Waals surface area contributed by atoms with Gasteiger partial charge in [0.05, 0.1) is 18.3 Å². The van der Waals surface area contributed by atoms with Crippen LogP contribution >= 0.6 is 15.9 Å². The van der Waals surface area contributed by atoms with Crippen molar-refractivity contribution >= 4 is 38.8 Å². The highest BCUT2D eigenvalue weighted by atomic mass is 79.9. The zero-order valence-corrected chi connectivity index (χ0v) is 17.1. The molecule has 0 spiro atoms. The van der Waals surface area contributed by atoms with E-state index in [4.69, 9.17) is 0 Å². The number of imidazole rings is 1. The summed E-state index contributed by atoms with van der Waals surface area (Å²) in [5, 5.41) is 6.46. The van der Waals surface area contributed by atoms with Gasteiger partial charge in [-0.05, 0) is 31.5 Å². The average Bonchev–Trinajstić information content (AvgIpc) is 3.05. The van der Waals surface area contributed by atoms with Crippen molar-refractivity contribution in [3.8, 4) is 0 Å². The first-order valence-corrected chi connectivity index (χ1v) is 9.34. The van der Waals surface area contributed by atoms with Crippen molar-refractivity contribution < 1.29 is 0 Å². The summed E-state index contributed by atoms with van der Waals surface area (Å²) < 4.78 is 5.40. The van der Waals surface area contributed by atoms with E-state index in [1.807, 2.05) is 42.7 Å². The Balaban J connectivity index is 1.95. The maximum atomic E-state index is 12.8. The Kier molecular flexibility index (Phi) is 4.06. The molecule has 0 saturated heterocycles. The molecule has 0 N–H and O–H groups in total. The molecule has 27 heavy (non-hydrogen) atoms. The molecule has 0 amide bonds. The van der Waals surface area contributed by atoms with E-state index in [2.05, 4.69) is 26.0 Å². The van der Waals surface area contributed by atoms with Crippen molar-refractivity contribution in [3.05, 3.63) is 55.1 Å². The maximum Gasteiger partial charge on any atom is 0.332 e. The quantitative estimate of drug-likeness (QED) is 0.623. The molecule has 0 aliphatic carbocycles. The maximum absolute atomic E-state index is 12.8. The molecule has 1 aliphatic rings. The number of hydrazone groups is 1. The highest BCUT2D eigenvalue weighted by Crippen LogP contribution is 2.30. The van der Waals surface area contributed by atoms with Crippen LogP contribution in [0.4, 0.5) is 5.95 Å². The van der Waals surface area contributed by atoms with Crippen LogP contribution in [0.1, 0.15) is 25.5 Å². The molecule has 0 bridgehead atoms. The van der Waals surface area contributed by atoms with Gasteiger partial charge in [-0.3, -0.25) is 18.5 Å². The molecule has 1 aromatic carbocycles. The number of hydrogen-bond donors (Lipinski definition) is 0. The zero-order valence-electron chi connectivity index (χ0n) is 15.5. The Morgan fingerprint density at radius 2 is 1.78 bits per heavy atom. The molecule has 3 heterocycles. The van der Waals surface area contributed by atoms with Gasteiger partial charge in [0.2, 0.25) is 5.95 Å². The SMILES string of the molecule is CC1=NN(Cc2ccc(Br)cc2)c2nc3c(c(=O)n(C)c(=O)n3C)n2[C@@H]1C. The van der Waals surface area contributed by atoms with Gasteiger partial charge in [0.25, 0.3) is 5.56 Å². The third-order valence-corrected chi connectivity index (χ3v) is 5.55. The Hall–Kier alpha value is -2.68. The number of aryl methyl sites for hydroxylation is 1. The van der Waals surface area contributed by atoms with Crippen molar-refractivity contribution in [2.24, 2.45) is 19.2 Å². The summed E-state index contributed by atoms with van der Waals surface area (Å²) in [7, 11) is 3.11. The minimum absolute atomic E-state index is 0.128. The molecule has 8 nitrogen and oxygen atoms in total. The number of rotatable bonds is 2. The average molecular weight is 431 g/mol. The minimum atomic E-state index is -0.396. The summed E-state index contributed by atoms with van der Waals surface area (Å²) in [6.07, 6.45) is 0. The largest absolute Gasteiger partial charge is 0.332 e. The number of benzene rings is 1. The van der Waals surface area contributed by atoms with Crippen LogP contribution in [-0.4, -0.2) is 24.4 Å². The molecule has 0 fully saturated rings. The Bertz CT molecular complexity index is 1200. The molecule has 0 radical (unpaired) electrons. The molecule has 1 aliphatic heterocycles. The van der Waals surface area contributed by atoms with Gasteiger partial charge in [-0.25, -0.2) is 9.80 Å². The molecule has 9 heteroatoms. The lowest BCUT2D eigenvalue weighted by atomic mass is 10.2. The minimum Gasteiger partial charge on any atom is -0.294 e. The number of halogens is 1. The molecule has 4 rings (SSSR count). The summed E-state index contributed by atoms with van der Waals surface area (Å²) in [6.45, 7) is 4.42. The van der Waals surface area contributed by atoms with Crippen molar-refractivity contribution in [3.63, 3.8) is 0 Å². The number of fused-ring (bicyclic) bond motifs is 3. The van der Waals surface area contributed by atoms with E-state index < -0.39 is 5.69 Å². The van der Waals surface area contributed by atoms with E-state index in [1.165, 1.54) is 11.6 Å². The standard InChI is InChI=1S/C18H19BrN6O2/c1-10-11(2)25-14-15(22(3)18(27)23(4)16(14)26)20-17(25)24(21-10)9-12-5-7-13(19)8-6-12/h5-8,11H,9H2,1-4H3/t11-/m1/s1. The number of nitrogens with zero attached hydrogens (tertiary/aromatic N) is 6. The summed E-state index contributed by atoms with van der Waals surface area (Å²) >= 11 is 3.44. The molecule has 140 valence electrons. The topological polar surface area (TPSA) is 77.4 Å². The second kappa shape index (κ2) is 6.19. The molecule has 0 unspecified atom stereocenters. The van der Waals surface area contributed by atoms with Crippen LogP contribution < -0.4 is 16.3 Å². The molecule has 0 saturated carbocycles. The smallest absolute Gasteiger partial charge is 0.294 e. The first-order chi connectivity index (χ1) is 12.8. The Morgan fingerprint density at radius 3 is 2.44 bits per heavy atom. The van der Waals surface area contributed by atoms with Crippen LogP contribution in [-0.2, 0) is 20.6 Å². The summed E-state index contributed by atoms with van der Waals surface area (Å²) in [6, 6.07) is 7.84. The van der Waals surface area contributed by atoms with E-state index >= 15 is 0 Å². The molecular weight excluding hydrogens is 412 g/mol. The van der Waals surface area contributed by atoms with Crippen molar-refractivity contribution in [2.75, 3.05) is 5.01 Å². The first kappa shape index (κ1) is 17.7. The van der Waals surface area contributed by atoms with E-state index in [1.54, 1.807) is 12.1 Å². The number of aromatic nitrogens is 4. The van der Waals surface area contributed by atoms with E-state index in [-0.39, 0.29) is 11.6 Å². The van der Waals surface area contributed by atoms with Gasteiger partial charge in [-0.2, -0.15) is 10.1 Å². The van der Waals surface area contributed by atoms with Gasteiger partial charge in [-0.1, -0.05) is 28.1 Å². The van der Waals surface area contributed by atoms with Crippen LogP contribution in [0, 0.1) is 0 Å². The van der Waals surface area contributed by atoms with Crippen LogP contribution in [0.25, 0.3) is 11.2 Å². The van der Waals surface area contributed by atoms with Crippen molar-refractivity contribution in [2.45, 2.75) is 26.4 Å². The Labute approximate surface area is 163 Å². The van der Waals surface area contributed by atoms with Gasteiger partial charge in [-0.15, -0.1) is 0 Å². The van der Waals surface area contributed by atoms with E-state index in [0.717, 1.165) is 20.3 Å². The predicted molar refractivity (Wildman–Crippen MR) is 108 cm³/mol. The van der Waals surface area contributed by atoms with Crippen LogP contribution in [0.15, 0.2) is 43.4 Å².